The zero-order valence-corrected chi connectivity index (χ0v) is 22.6. The number of benzene rings is 3. The van der Waals surface area contributed by atoms with E-state index in [0.29, 0.717) is 27.4 Å². The third kappa shape index (κ3) is 5.17. The summed E-state index contributed by atoms with van der Waals surface area (Å²) in [5, 5.41) is 13.3. The van der Waals surface area contributed by atoms with Crippen molar-refractivity contribution < 1.29 is 9.50 Å². The van der Waals surface area contributed by atoms with Crippen LogP contribution in [0.3, 0.4) is 0 Å². The van der Waals surface area contributed by atoms with E-state index >= 15 is 0 Å². The summed E-state index contributed by atoms with van der Waals surface area (Å²) in [6.07, 6.45) is 1.65. The Kier molecular flexibility index (Phi) is 6.88. The van der Waals surface area contributed by atoms with Gasteiger partial charge in [0.2, 0.25) is 0 Å². The van der Waals surface area contributed by atoms with Gasteiger partial charge in [0.15, 0.2) is 0 Å². The minimum Gasteiger partial charge on any atom is -0.507 e. The summed E-state index contributed by atoms with van der Waals surface area (Å²) in [6, 6.07) is 15.6. The molecule has 0 atom stereocenters. The van der Waals surface area contributed by atoms with E-state index in [1.807, 2.05) is 18.2 Å². The summed E-state index contributed by atoms with van der Waals surface area (Å²) in [5.41, 5.74) is 3.77. The van der Waals surface area contributed by atoms with Gasteiger partial charge < -0.3 is 10.0 Å². The van der Waals surface area contributed by atoms with Crippen molar-refractivity contribution in [3.63, 3.8) is 0 Å². The molecule has 0 spiro atoms. The van der Waals surface area contributed by atoms with Crippen LogP contribution in [0.5, 0.6) is 5.75 Å². The minimum atomic E-state index is -0.457. The number of hydrogen-bond donors (Lipinski definition) is 1. The fourth-order valence-corrected chi connectivity index (χ4v) is 5.70. The number of hydrogen-bond acceptors (Lipinski definition) is 5. The summed E-state index contributed by atoms with van der Waals surface area (Å²) in [4.78, 5) is 16.7. The molecule has 3 aromatic carbocycles. The van der Waals surface area contributed by atoms with Crippen molar-refractivity contribution in [1.82, 2.24) is 9.47 Å². The van der Waals surface area contributed by atoms with Crippen LogP contribution in [0.1, 0.15) is 20.8 Å². The monoisotopic (exact) mass is 537 g/mol. The van der Waals surface area contributed by atoms with Crippen molar-refractivity contribution in [2.45, 2.75) is 26.3 Å². The number of rotatable bonds is 4. The number of aromatic nitrogens is 1. The first-order chi connectivity index (χ1) is 17.6. The number of halogens is 2. The molecule has 0 saturated carbocycles. The molecule has 1 saturated heterocycles. The molecule has 0 aliphatic carbocycles. The van der Waals surface area contributed by atoms with Crippen molar-refractivity contribution >= 4 is 28.6 Å². The highest BCUT2D eigenvalue weighted by molar-refractivity contribution is 7.07. The number of thiazole rings is 1. The number of piperazine rings is 1. The summed E-state index contributed by atoms with van der Waals surface area (Å²) in [6.45, 7) is 10.4. The Balaban J connectivity index is 1.47. The van der Waals surface area contributed by atoms with E-state index in [2.05, 4.69) is 36.6 Å². The summed E-state index contributed by atoms with van der Waals surface area (Å²) >= 11 is 7.58. The maximum atomic E-state index is 14.8. The van der Waals surface area contributed by atoms with Crippen molar-refractivity contribution in [2.24, 2.45) is 0 Å². The van der Waals surface area contributed by atoms with Gasteiger partial charge in [-0.05, 0) is 68.3 Å². The Bertz CT molecular complexity index is 1500. The second kappa shape index (κ2) is 9.97. The second-order valence-electron chi connectivity index (χ2n) is 10.2. The van der Waals surface area contributed by atoms with Crippen LogP contribution in [-0.4, -0.2) is 46.3 Å². The molecule has 192 valence electrons. The lowest BCUT2D eigenvalue weighted by atomic mass is 9.96. The van der Waals surface area contributed by atoms with Gasteiger partial charge in [-0.25, -0.2) is 4.39 Å². The first-order valence-corrected chi connectivity index (χ1v) is 13.5. The molecular formula is C29H29ClFN3O2S. The quantitative estimate of drug-likeness (QED) is 0.316. The number of phenolic OH excluding ortho intramolecular Hbond substituents is 1. The molecule has 2 heterocycles. The average Bonchev–Trinajstić information content (AvgIpc) is 3.30. The molecule has 8 heteroatoms. The molecule has 1 aromatic heterocycles. The van der Waals surface area contributed by atoms with Crippen LogP contribution < -0.4 is 9.77 Å². The van der Waals surface area contributed by atoms with Crippen LogP contribution >= 0.6 is 22.9 Å². The van der Waals surface area contributed by atoms with Gasteiger partial charge in [0.25, 0.3) is 0 Å². The lowest BCUT2D eigenvalue weighted by molar-refractivity contribution is 0.128. The van der Waals surface area contributed by atoms with Crippen molar-refractivity contribution in [2.75, 3.05) is 31.1 Å². The second-order valence-corrected chi connectivity index (χ2v) is 11.5. The molecule has 5 rings (SSSR count). The van der Waals surface area contributed by atoms with Crippen molar-refractivity contribution in [1.29, 1.82) is 0 Å². The molecular weight excluding hydrogens is 509 g/mol. The zero-order chi connectivity index (χ0) is 26.3. The first-order valence-electron chi connectivity index (χ1n) is 12.2. The molecule has 1 N–H and O–H groups in total. The Labute approximate surface area is 225 Å². The van der Waals surface area contributed by atoms with E-state index in [-0.39, 0.29) is 16.2 Å². The number of nitrogens with zero attached hydrogens (tertiary/aromatic N) is 3. The summed E-state index contributed by atoms with van der Waals surface area (Å²) < 4.78 is 16.3. The van der Waals surface area contributed by atoms with Crippen LogP contribution in [-0.2, 0) is 0 Å². The number of anilines is 1. The van der Waals surface area contributed by atoms with E-state index in [1.54, 1.807) is 29.8 Å². The molecule has 1 fully saturated rings. The SMILES string of the molecule is CC(C)(C)N1CCN(c2cccc(-c3cc(F)cc(-c4ccc(-n5ccsc5=O)c(Cl)c4)c3O)c2)CC1. The average molecular weight is 538 g/mol. The normalized spacial score (nSPS) is 14.8. The Morgan fingerprint density at radius 3 is 2.22 bits per heavy atom. The predicted octanol–water partition coefficient (Wildman–Crippen LogP) is 6.65. The van der Waals surface area contributed by atoms with E-state index in [9.17, 15) is 14.3 Å². The highest BCUT2D eigenvalue weighted by Gasteiger charge is 2.26. The van der Waals surface area contributed by atoms with Crippen molar-refractivity contribution in [3.05, 3.63) is 86.7 Å². The minimum absolute atomic E-state index is 0.0207. The topological polar surface area (TPSA) is 48.7 Å². The predicted molar refractivity (Wildman–Crippen MR) is 151 cm³/mol. The van der Waals surface area contributed by atoms with Gasteiger partial charge in [-0.3, -0.25) is 14.3 Å². The van der Waals surface area contributed by atoms with Gasteiger partial charge >= 0.3 is 4.87 Å². The van der Waals surface area contributed by atoms with Crippen LogP contribution in [0, 0.1) is 5.82 Å². The molecule has 1 aliphatic rings. The fraction of sp³-hybridized carbons (Fsp3) is 0.276. The van der Waals surface area contributed by atoms with E-state index in [1.165, 1.54) is 16.7 Å². The van der Waals surface area contributed by atoms with Gasteiger partial charge in [0, 0.05) is 60.1 Å². The first kappa shape index (κ1) is 25.5. The zero-order valence-electron chi connectivity index (χ0n) is 21.0. The number of phenols is 1. The summed E-state index contributed by atoms with van der Waals surface area (Å²) in [5.74, 6) is -0.478. The molecule has 5 nitrogen and oxygen atoms in total. The van der Waals surface area contributed by atoms with E-state index < -0.39 is 5.82 Å². The van der Waals surface area contributed by atoms with Crippen LogP contribution in [0.15, 0.2) is 71.0 Å². The van der Waals surface area contributed by atoms with Crippen molar-refractivity contribution in [3.8, 4) is 33.7 Å². The van der Waals surface area contributed by atoms with Gasteiger partial charge in [-0.1, -0.05) is 41.1 Å². The number of aromatic hydroxyl groups is 1. The van der Waals surface area contributed by atoms with E-state index in [0.717, 1.165) is 48.8 Å². The summed E-state index contributed by atoms with van der Waals surface area (Å²) in [7, 11) is 0. The fourth-order valence-electron chi connectivity index (χ4n) is 4.86. The lowest BCUT2D eigenvalue weighted by Crippen LogP contribution is -2.53. The maximum Gasteiger partial charge on any atom is 0.311 e. The van der Waals surface area contributed by atoms with Gasteiger partial charge in [0.05, 0.1) is 10.7 Å². The van der Waals surface area contributed by atoms with Gasteiger partial charge in [-0.15, -0.1) is 0 Å². The Hall–Kier alpha value is -3.13. The third-order valence-electron chi connectivity index (χ3n) is 6.92. The third-order valence-corrected chi connectivity index (χ3v) is 7.88. The van der Waals surface area contributed by atoms with Crippen LogP contribution in [0.2, 0.25) is 5.02 Å². The highest BCUT2D eigenvalue weighted by Crippen LogP contribution is 2.41. The van der Waals surface area contributed by atoms with Gasteiger partial charge in [0.1, 0.15) is 11.6 Å². The Morgan fingerprint density at radius 1 is 0.946 bits per heavy atom. The largest absolute Gasteiger partial charge is 0.507 e. The molecule has 0 radical (unpaired) electrons. The van der Waals surface area contributed by atoms with Crippen LogP contribution in [0.4, 0.5) is 10.1 Å². The Morgan fingerprint density at radius 2 is 1.62 bits per heavy atom. The van der Waals surface area contributed by atoms with E-state index in [4.69, 9.17) is 11.6 Å². The lowest BCUT2D eigenvalue weighted by Gasteiger charge is -2.43. The molecule has 0 amide bonds. The molecule has 4 aromatic rings. The van der Waals surface area contributed by atoms with Crippen LogP contribution in [0.25, 0.3) is 27.9 Å². The highest BCUT2D eigenvalue weighted by atomic mass is 35.5. The molecule has 0 unspecified atom stereocenters. The smallest absolute Gasteiger partial charge is 0.311 e. The molecule has 37 heavy (non-hydrogen) atoms. The molecule has 0 bridgehead atoms. The molecule has 1 aliphatic heterocycles. The van der Waals surface area contributed by atoms with Gasteiger partial charge in [-0.2, -0.15) is 0 Å². The maximum absolute atomic E-state index is 14.8. The standard InChI is InChI=1S/C29H29ClFN3O2S/c1-29(2,3)33-11-9-32(10-12-33)22-6-4-5-19(15-22)23-17-21(31)18-24(27(23)35)20-7-8-26(25(30)16-20)34-13-14-37-28(34)36/h4-8,13-18,35H,9-12H2,1-3H3.